The van der Waals surface area contributed by atoms with Gasteiger partial charge in [0.2, 0.25) is 0 Å². The van der Waals surface area contributed by atoms with Crippen LogP contribution in [0, 0.1) is 10.1 Å². The van der Waals surface area contributed by atoms with Crippen LogP contribution in [0.25, 0.3) is 0 Å². The lowest BCUT2D eigenvalue weighted by molar-refractivity contribution is -0.385. The minimum absolute atomic E-state index is 0.0145. The highest BCUT2D eigenvalue weighted by atomic mass is 16.6. The molecule has 6 heteroatoms. The number of benzene rings is 1. The number of nitrogens with one attached hydrogen (secondary N) is 1. The average molecular weight is 224 g/mol. The maximum Gasteiger partial charge on any atom is 0.407 e. The molecule has 0 bridgehead atoms. The molecule has 1 amide bonds. The average Bonchev–Trinajstić information content (AvgIpc) is 2.27. The lowest BCUT2D eigenvalue weighted by Gasteiger charge is -2.05. The van der Waals surface area contributed by atoms with E-state index in [1.165, 1.54) is 6.07 Å². The SMILES string of the molecule is CCOC(=O)NCc1ccccc1[N+](=O)[O-]. The smallest absolute Gasteiger partial charge is 0.407 e. The Bertz CT molecular complexity index is 392. The van der Waals surface area contributed by atoms with Crippen molar-refractivity contribution in [1.29, 1.82) is 0 Å². The maximum atomic E-state index is 11.0. The second-order valence-corrected chi connectivity index (χ2v) is 2.96. The van der Waals surface area contributed by atoms with Crippen molar-refractivity contribution >= 4 is 11.8 Å². The zero-order chi connectivity index (χ0) is 12.0. The van der Waals surface area contributed by atoms with Crippen LogP contribution in [0.3, 0.4) is 0 Å². The summed E-state index contributed by atoms with van der Waals surface area (Å²) in [6.45, 7) is 2.03. The van der Waals surface area contributed by atoms with Crippen LogP contribution in [0.5, 0.6) is 0 Å². The number of hydrogen-bond donors (Lipinski definition) is 1. The summed E-state index contributed by atoms with van der Waals surface area (Å²) in [6.07, 6.45) is -0.583. The first-order chi connectivity index (χ1) is 7.65. The molecule has 0 heterocycles. The summed E-state index contributed by atoms with van der Waals surface area (Å²) in [4.78, 5) is 21.2. The zero-order valence-electron chi connectivity index (χ0n) is 8.80. The zero-order valence-corrected chi connectivity index (χ0v) is 8.80. The van der Waals surface area contributed by atoms with Crippen molar-refractivity contribution in [2.45, 2.75) is 13.5 Å². The van der Waals surface area contributed by atoms with Gasteiger partial charge in [-0.1, -0.05) is 18.2 Å². The van der Waals surface area contributed by atoms with Gasteiger partial charge in [-0.25, -0.2) is 4.79 Å². The molecule has 0 atom stereocenters. The Hall–Kier alpha value is -2.11. The highest BCUT2D eigenvalue weighted by Gasteiger charge is 2.12. The highest BCUT2D eigenvalue weighted by molar-refractivity contribution is 5.67. The Labute approximate surface area is 92.4 Å². The van der Waals surface area contributed by atoms with Gasteiger partial charge in [0.05, 0.1) is 18.1 Å². The number of carbonyl (C=O) groups excluding carboxylic acids is 1. The molecule has 1 rings (SSSR count). The Balaban J connectivity index is 2.66. The molecule has 0 aliphatic heterocycles. The van der Waals surface area contributed by atoms with Gasteiger partial charge in [0.25, 0.3) is 5.69 Å². The second-order valence-electron chi connectivity index (χ2n) is 2.96. The Morgan fingerprint density at radius 1 is 1.50 bits per heavy atom. The first kappa shape index (κ1) is 12.0. The Morgan fingerprint density at radius 3 is 2.81 bits per heavy atom. The van der Waals surface area contributed by atoms with Gasteiger partial charge in [-0.3, -0.25) is 10.1 Å². The minimum Gasteiger partial charge on any atom is -0.450 e. The van der Waals surface area contributed by atoms with Gasteiger partial charge in [-0.05, 0) is 6.92 Å². The van der Waals surface area contributed by atoms with Gasteiger partial charge in [-0.15, -0.1) is 0 Å². The predicted molar refractivity (Wildman–Crippen MR) is 57.0 cm³/mol. The number of amides is 1. The number of ether oxygens (including phenoxy) is 1. The third-order valence-corrected chi connectivity index (χ3v) is 1.89. The topological polar surface area (TPSA) is 81.5 Å². The summed E-state index contributed by atoms with van der Waals surface area (Å²) in [5, 5.41) is 13.1. The van der Waals surface area contributed by atoms with Gasteiger partial charge in [0.1, 0.15) is 0 Å². The van der Waals surface area contributed by atoms with E-state index in [0.29, 0.717) is 5.56 Å². The molecule has 0 saturated heterocycles. The van der Waals surface area contributed by atoms with E-state index >= 15 is 0 Å². The number of alkyl carbamates (subject to hydrolysis) is 1. The molecule has 86 valence electrons. The lowest BCUT2D eigenvalue weighted by atomic mass is 10.2. The largest absolute Gasteiger partial charge is 0.450 e. The van der Waals surface area contributed by atoms with E-state index in [1.54, 1.807) is 25.1 Å². The van der Waals surface area contributed by atoms with E-state index in [-0.39, 0.29) is 18.8 Å². The third kappa shape index (κ3) is 3.23. The van der Waals surface area contributed by atoms with Crippen LogP contribution in [0.2, 0.25) is 0 Å². The fourth-order valence-electron chi connectivity index (χ4n) is 1.19. The molecule has 0 aliphatic rings. The first-order valence-electron chi connectivity index (χ1n) is 4.78. The summed E-state index contributed by atoms with van der Waals surface area (Å²) in [5.41, 5.74) is 0.430. The van der Waals surface area contributed by atoms with Crippen molar-refractivity contribution in [2.75, 3.05) is 6.61 Å². The normalized spacial score (nSPS) is 9.56. The van der Waals surface area contributed by atoms with E-state index in [2.05, 4.69) is 10.1 Å². The van der Waals surface area contributed by atoms with Gasteiger partial charge < -0.3 is 10.1 Å². The molecule has 0 fully saturated rings. The number of carbonyl (C=O) groups is 1. The van der Waals surface area contributed by atoms with Gasteiger partial charge in [-0.2, -0.15) is 0 Å². The third-order valence-electron chi connectivity index (χ3n) is 1.89. The molecule has 1 aromatic carbocycles. The highest BCUT2D eigenvalue weighted by Crippen LogP contribution is 2.16. The second kappa shape index (κ2) is 5.69. The van der Waals surface area contributed by atoms with Crippen LogP contribution in [0.1, 0.15) is 12.5 Å². The fraction of sp³-hybridized carbons (Fsp3) is 0.300. The van der Waals surface area contributed by atoms with Crippen molar-refractivity contribution in [3.8, 4) is 0 Å². The molecule has 0 saturated carbocycles. The van der Waals surface area contributed by atoms with E-state index in [9.17, 15) is 14.9 Å². The summed E-state index contributed by atoms with van der Waals surface area (Å²) in [6, 6.07) is 6.23. The fourth-order valence-corrected chi connectivity index (χ4v) is 1.19. The standard InChI is InChI=1S/C10H12N2O4/c1-2-16-10(13)11-7-8-5-3-4-6-9(8)12(14)15/h3-6H,2,7H2,1H3,(H,11,13). The lowest BCUT2D eigenvalue weighted by Crippen LogP contribution is -2.24. The predicted octanol–water partition coefficient (Wildman–Crippen LogP) is 1.84. The number of para-hydroxylation sites is 1. The van der Waals surface area contributed by atoms with Crippen molar-refractivity contribution in [3.05, 3.63) is 39.9 Å². The number of nitro groups is 1. The van der Waals surface area contributed by atoms with E-state index in [0.717, 1.165) is 0 Å². The molecule has 0 spiro atoms. The van der Waals surface area contributed by atoms with Crippen LogP contribution in [0.4, 0.5) is 10.5 Å². The van der Waals surface area contributed by atoms with E-state index < -0.39 is 11.0 Å². The molecule has 1 N–H and O–H groups in total. The van der Waals surface area contributed by atoms with E-state index in [1.807, 2.05) is 0 Å². The number of hydrogen-bond acceptors (Lipinski definition) is 4. The Morgan fingerprint density at radius 2 is 2.19 bits per heavy atom. The molecular weight excluding hydrogens is 212 g/mol. The molecule has 1 aromatic rings. The van der Waals surface area contributed by atoms with E-state index in [4.69, 9.17) is 0 Å². The number of nitrogens with zero attached hydrogens (tertiary/aromatic N) is 1. The quantitative estimate of drug-likeness (QED) is 0.625. The van der Waals surface area contributed by atoms with Gasteiger partial charge in [0, 0.05) is 11.6 Å². The molecule has 0 radical (unpaired) electrons. The molecule has 16 heavy (non-hydrogen) atoms. The van der Waals surface area contributed by atoms with Crippen molar-refractivity contribution in [1.82, 2.24) is 5.32 Å². The Kier molecular flexibility index (Phi) is 4.26. The monoisotopic (exact) mass is 224 g/mol. The maximum absolute atomic E-state index is 11.0. The summed E-state index contributed by atoms with van der Waals surface area (Å²) in [5.74, 6) is 0. The van der Waals surface area contributed by atoms with Crippen LogP contribution < -0.4 is 5.32 Å². The minimum atomic E-state index is -0.583. The summed E-state index contributed by atoms with van der Waals surface area (Å²) < 4.78 is 4.64. The summed E-state index contributed by atoms with van der Waals surface area (Å²) in [7, 11) is 0. The van der Waals surface area contributed by atoms with Crippen LogP contribution >= 0.6 is 0 Å². The van der Waals surface area contributed by atoms with Crippen LogP contribution in [-0.2, 0) is 11.3 Å². The van der Waals surface area contributed by atoms with Crippen molar-refractivity contribution < 1.29 is 14.5 Å². The molecule has 0 unspecified atom stereocenters. The molecule has 0 aliphatic carbocycles. The van der Waals surface area contributed by atoms with Gasteiger partial charge in [0.15, 0.2) is 0 Å². The van der Waals surface area contributed by atoms with Gasteiger partial charge >= 0.3 is 6.09 Å². The van der Waals surface area contributed by atoms with Crippen molar-refractivity contribution in [3.63, 3.8) is 0 Å². The molecule has 0 aromatic heterocycles. The molecular formula is C10H12N2O4. The number of nitro benzene ring substituents is 1. The van der Waals surface area contributed by atoms with Crippen LogP contribution in [0.15, 0.2) is 24.3 Å². The summed E-state index contributed by atoms with van der Waals surface area (Å²) >= 11 is 0. The molecule has 6 nitrogen and oxygen atoms in total. The number of rotatable bonds is 4. The first-order valence-corrected chi connectivity index (χ1v) is 4.78. The van der Waals surface area contributed by atoms with Crippen LogP contribution in [-0.4, -0.2) is 17.6 Å². The van der Waals surface area contributed by atoms with Crippen molar-refractivity contribution in [2.24, 2.45) is 0 Å².